The minimum absolute atomic E-state index is 0.0319. The van der Waals surface area contributed by atoms with Gasteiger partial charge in [0.15, 0.2) is 0 Å². The van der Waals surface area contributed by atoms with Gasteiger partial charge in [-0.1, -0.05) is 18.2 Å². The van der Waals surface area contributed by atoms with Crippen LogP contribution in [0.2, 0.25) is 0 Å². The van der Waals surface area contributed by atoms with Crippen molar-refractivity contribution in [2.45, 2.75) is 19.4 Å². The number of carbonyl (C=O) groups is 2. The molecule has 0 spiro atoms. The van der Waals surface area contributed by atoms with E-state index in [0.29, 0.717) is 25.2 Å². The fourth-order valence-electron chi connectivity index (χ4n) is 3.12. The van der Waals surface area contributed by atoms with E-state index in [1.54, 1.807) is 18.1 Å². The number of ether oxygens (including phenoxy) is 1. The summed E-state index contributed by atoms with van der Waals surface area (Å²) in [5.41, 5.74) is 1.45. The quantitative estimate of drug-likeness (QED) is 0.906. The molecule has 25 heavy (non-hydrogen) atoms. The zero-order valence-electron chi connectivity index (χ0n) is 14.2. The van der Waals surface area contributed by atoms with Crippen molar-refractivity contribution in [1.29, 1.82) is 0 Å². The summed E-state index contributed by atoms with van der Waals surface area (Å²) in [6.45, 7) is 1.51. The number of rotatable bonds is 5. The summed E-state index contributed by atoms with van der Waals surface area (Å²) >= 11 is 0. The Kier molecular flexibility index (Phi) is 5.38. The Hall–Kier alpha value is -2.76. The van der Waals surface area contributed by atoms with Crippen molar-refractivity contribution in [1.82, 2.24) is 10.2 Å². The Morgan fingerprint density at radius 3 is 2.92 bits per heavy atom. The van der Waals surface area contributed by atoms with Crippen molar-refractivity contribution in [3.8, 4) is 5.75 Å². The molecule has 1 saturated heterocycles. The summed E-state index contributed by atoms with van der Waals surface area (Å²) in [5.74, 6) is 0.439. The van der Waals surface area contributed by atoms with Gasteiger partial charge in [-0.15, -0.1) is 0 Å². The highest BCUT2D eigenvalue weighted by atomic mass is 16.5. The first-order chi connectivity index (χ1) is 12.2. The molecular weight excluding hydrogens is 320 g/mol. The van der Waals surface area contributed by atoms with Crippen LogP contribution in [0, 0.1) is 5.92 Å². The molecule has 0 saturated carbocycles. The van der Waals surface area contributed by atoms with Crippen LogP contribution in [-0.4, -0.2) is 36.9 Å². The smallest absolute Gasteiger partial charge is 0.257 e. The minimum atomic E-state index is -0.195. The predicted molar refractivity (Wildman–Crippen MR) is 92.2 cm³/mol. The number of benzene rings is 1. The second kappa shape index (κ2) is 7.88. The molecule has 0 unspecified atom stereocenters. The summed E-state index contributed by atoms with van der Waals surface area (Å²) in [6.07, 6.45) is 4.52. The van der Waals surface area contributed by atoms with E-state index in [0.717, 1.165) is 24.2 Å². The number of piperidine rings is 1. The number of nitrogens with one attached hydrogen (secondary N) is 1. The van der Waals surface area contributed by atoms with Crippen LogP contribution in [0.3, 0.4) is 0 Å². The molecule has 0 aliphatic carbocycles. The maximum Gasteiger partial charge on any atom is 0.257 e. The van der Waals surface area contributed by atoms with Gasteiger partial charge in [-0.05, 0) is 25.0 Å². The molecule has 1 atom stereocenters. The highest BCUT2D eigenvalue weighted by Gasteiger charge is 2.29. The van der Waals surface area contributed by atoms with Gasteiger partial charge in [0.05, 0.1) is 24.9 Å². The van der Waals surface area contributed by atoms with Crippen LogP contribution >= 0.6 is 0 Å². The van der Waals surface area contributed by atoms with Crippen molar-refractivity contribution in [3.05, 3.63) is 54.0 Å². The van der Waals surface area contributed by atoms with Gasteiger partial charge in [-0.25, -0.2) is 0 Å². The molecule has 6 nitrogen and oxygen atoms in total. The van der Waals surface area contributed by atoms with Gasteiger partial charge in [0, 0.05) is 25.2 Å². The third-order valence-corrected chi connectivity index (χ3v) is 4.49. The summed E-state index contributed by atoms with van der Waals surface area (Å²) < 4.78 is 10.3. The molecule has 1 N–H and O–H groups in total. The first kappa shape index (κ1) is 17.1. The molecule has 1 fully saturated rings. The zero-order chi connectivity index (χ0) is 17.6. The largest absolute Gasteiger partial charge is 0.496 e. The fourth-order valence-corrected chi connectivity index (χ4v) is 3.12. The van der Waals surface area contributed by atoms with E-state index in [1.807, 2.05) is 24.3 Å². The molecule has 2 heterocycles. The normalized spacial score (nSPS) is 17.2. The average molecular weight is 342 g/mol. The Morgan fingerprint density at radius 1 is 1.32 bits per heavy atom. The first-order valence-electron chi connectivity index (χ1n) is 8.40. The van der Waals surface area contributed by atoms with Gasteiger partial charge < -0.3 is 19.4 Å². The molecule has 2 aromatic rings. The number of carbonyl (C=O) groups excluding carboxylic acids is 2. The molecule has 1 aromatic carbocycles. The number of furan rings is 1. The molecule has 3 rings (SSSR count). The van der Waals surface area contributed by atoms with E-state index in [4.69, 9.17) is 9.15 Å². The molecule has 1 aromatic heterocycles. The second-order valence-electron chi connectivity index (χ2n) is 6.13. The molecule has 0 radical (unpaired) electrons. The van der Waals surface area contributed by atoms with Crippen LogP contribution in [0.15, 0.2) is 47.3 Å². The number of hydrogen-bond acceptors (Lipinski definition) is 4. The highest BCUT2D eigenvalue weighted by molar-refractivity contribution is 5.94. The number of methoxy groups -OCH3 is 1. The molecular formula is C19H22N2O4. The van der Waals surface area contributed by atoms with Crippen molar-refractivity contribution in [2.75, 3.05) is 20.2 Å². The summed E-state index contributed by atoms with van der Waals surface area (Å²) in [7, 11) is 1.61. The Labute approximate surface area is 146 Å². The SMILES string of the molecule is COc1ccccc1CNC(=O)[C@@H]1CCCN(C(=O)c2ccoc2)C1. The van der Waals surface area contributed by atoms with Crippen molar-refractivity contribution in [3.63, 3.8) is 0 Å². The van der Waals surface area contributed by atoms with E-state index in [1.165, 1.54) is 12.5 Å². The van der Waals surface area contributed by atoms with Crippen molar-refractivity contribution in [2.24, 2.45) is 5.92 Å². The Balaban J connectivity index is 1.57. The summed E-state index contributed by atoms with van der Waals surface area (Å²) in [6, 6.07) is 9.25. The minimum Gasteiger partial charge on any atom is -0.496 e. The zero-order valence-corrected chi connectivity index (χ0v) is 14.2. The lowest BCUT2D eigenvalue weighted by atomic mass is 9.96. The highest BCUT2D eigenvalue weighted by Crippen LogP contribution is 2.20. The maximum atomic E-state index is 12.5. The van der Waals surface area contributed by atoms with Gasteiger partial charge >= 0.3 is 0 Å². The lowest BCUT2D eigenvalue weighted by Crippen LogP contribution is -2.45. The molecule has 1 aliphatic rings. The second-order valence-corrected chi connectivity index (χ2v) is 6.13. The van der Waals surface area contributed by atoms with E-state index >= 15 is 0 Å². The van der Waals surface area contributed by atoms with Gasteiger partial charge in [0.2, 0.25) is 5.91 Å². The summed E-state index contributed by atoms with van der Waals surface area (Å²) in [5, 5.41) is 2.96. The molecule has 1 aliphatic heterocycles. The van der Waals surface area contributed by atoms with E-state index in [2.05, 4.69) is 5.32 Å². The van der Waals surface area contributed by atoms with Crippen LogP contribution < -0.4 is 10.1 Å². The number of para-hydroxylation sites is 1. The van der Waals surface area contributed by atoms with Crippen LogP contribution in [-0.2, 0) is 11.3 Å². The van der Waals surface area contributed by atoms with Crippen molar-refractivity contribution < 1.29 is 18.7 Å². The number of nitrogens with zero attached hydrogens (tertiary/aromatic N) is 1. The third kappa shape index (κ3) is 4.02. The topological polar surface area (TPSA) is 71.8 Å². The fraction of sp³-hybridized carbons (Fsp3) is 0.368. The van der Waals surface area contributed by atoms with Gasteiger partial charge in [0.1, 0.15) is 12.0 Å². The Bertz CT molecular complexity index is 727. The predicted octanol–water partition coefficient (Wildman–Crippen LogP) is 2.46. The van der Waals surface area contributed by atoms with Gasteiger partial charge in [0.25, 0.3) is 5.91 Å². The van der Waals surface area contributed by atoms with Gasteiger partial charge in [-0.2, -0.15) is 0 Å². The van der Waals surface area contributed by atoms with E-state index < -0.39 is 0 Å². The van der Waals surface area contributed by atoms with Crippen LogP contribution in [0.25, 0.3) is 0 Å². The third-order valence-electron chi connectivity index (χ3n) is 4.49. The first-order valence-corrected chi connectivity index (χ1v) is 8.40. The van der Waals surface area contributed by atoms with Crippen LogP contribution in [0.4, 0.5) is 0 Å². The number of amides is 2. The van der Waals surface area contributed by atoms with Crippen LogP contribution in [0.5, 0.6) is 5.75 Å². The van der Waals surface area contributed by atoms with E-state index in [9.17, 15) is 9.59 Å². The van der Waals surface area contributed by atoms with Crippen LogP contribution in [0.1, 0.15) is 28.8 Å². The monoisotopic (exact) mass is 342 g/mol. The Morgan fingerprint density at radius 2 is 2.16 bits per heavy atom. The molecule has 0 bridgehead atoms. The average Bonchev–Trinajstić information content (AvgIpc) is 3.20. The number of hydrogen-bond donors (Lipinski definition) is 1. The van der Waals surface area contributed by atoms with Crippen molar-refractivity contribution >= 4 is 11.8 Å². The maximum absolute atomic E-state index is 12.5. The lowest BCUT2D eigenvalue weighted by Gasteiger charge is -2.31. The molecule has 6 heteroatoms. The molecule has 2 amide bonds. The lowest BCUT2D eigenvalue weighted by molar-refractivity contribution is -0.126. The van der Waals surface area contributed by atoms with E-state index in [-0.39, 0.29) is 17.7 Å². The molecule has 132 valence electrons. The summed E-state index contributed by atoms with van der Waals surface area (Å²) in [4.78, 5) is 26.7. The standard InChI is InChI=1S/C19H22N2O4/c1-24-17-7-3-2-5-14(17)11-20-18(22)15-6-4-9-21(12-15)19(23)16-8-10-25-13-16/h2-3,5,7-8,10,13,15H,4,6,9,11-12H2,1H3,(H,20,22)/t15-/m1/s1. The van der Waals surface area contributed by atoms with Gasteiger partial charge in [-0.3, -0.25) is 9.59 Å². The number of likely N-dealkylation sites (tertiary alicyclic amines) is 1.